The molecule has 4 rings (SSSR count). The van der Waals surface area contributed by atoms with E-state index in [2.05, 4.69) is 27.2 Å². The molecule has 1 saturated heterocycles. The molecule has 0 unspecified atom stereocenters. The van der Waals surface area contributed by atoms with Crippen LogP contribution in [0.25, 0.3) is 0 Å². The number of hydrogen-bond donors (Lipinski definition) is 0. The fourth-order valence-electron chi connectivity index (χ4n) is 3.35. The Morgan fingerprint density at radius 3 is 2.58 bits per heavy atom. The number of nitrogens with zero attached hydrogens (tertiary/aromatic N) is 4. The second-order valence-electron chi connectivity index (χ2n) is 6.99. The highest BCUT2D eigenvalue weighted by Crippen LogP contribution is 2.38. The van der Waals surface area contributed by atoms with Gasteiger partial charge in [0.25, 0.3) is 0 Å². The van der Waals surface area contributed by atoms with Crippen LogP contribution < -0.4 is 9.64 Å². The lowest BCUT2D eigenvalue weighted by Gasteiger charge is -2.35. The van der Waals surface area contributed by atoms with Crippen LogP contribution in [0.15, 0.2) is 36.4 Å². The Hall–Kier alpha value is -2.63. The average molecular weight is 352 g/mol. The number of piperazine rings is 1. The summed E-state index contributed by atoms with van der Waals surface area (Å²) in [4.78, 5) is 16.7. The molecule has 1 aromatic heterocycles. The zero-order valence-corrected chi connectivity index (χ0v) is 15.1. The lowest BCUT2D eigenvalue weighted by Crippen LogP contribution is -2.49. The predicted octanol–water partition coefficient (Wildman–Crippen LogP) is 2.25. The lowest BCUT2D eigenvalue weighted by molar-refractivity contribution is -0.130. The van der Waals surface area contributed by atoms with Gasteiger partial charge in [-0.15, -0.1) is 5.10 Å². The quantitative estimate of drug-likeness (QED) is 0.826. The summed E-state index contributed by atoms with van der Waals surface area (Å²) in [5, 5.41) is 8.74. The summed E-state index contributed by atoms with van der Waals surface area (Å²) < 4.78 is 5.23. The molecule has 2 fully saturated rings. The van der Waals surface area contributed by atoms with Crippen molar-refractivity contribution in [2.24, 2.45) is 0 Å². The Morgan fingerprint density at radius 2 is 1.92 bits per heavy atom. The molecule has 2 heterocycles. The van der Waals surface area contributed by atoms with Gasteiger partial charge in [-0.2, -0.15) is 5.10 Å². The number of amides is 1. The maximum Gasteiger partial charge on any atom is 0.227 e. The third-order valence-electron chi connectivity index (χ3n) is 5.11. The Bertz CT molecular complexity index is 766. The van der Waals surface area contributed by atoms with Gasteiger partial charge in [-0.25, -0.2) is 0 Å². The lowest BCUT2D eigenvalue weighted by atomic mass is 10.1. The topological polar surface area (TPSA) is 58.6 Å². The minimum absolute atomic E-state index is 0.160. The third kappa shape index (κ3) is 3.79. The van der Waals surface area contributed by atoms with Gasteiger partial charge < -0.3 is 14.5 Å². The molecule has 0 radical (unpaired) electrons. The molecule has 0 bridgehead atoms. The number of carbonyl (C=O) groups is 1. The standard InChI is InChI=1S/C20H24N4O2/c1-26-17-4-2-3-15(13-17)14-20(25)24-11-9-23(10-12-24)19-8-7-18(21-22-19)16-5-6-16/h2-4,7-8,13,16H,5-6,9-12,14H2,1H3. The molecule has 0 atom stereocenters. The van der Waals surface area contributed by atoms with Crippen molar-refractivity contribution in [1.29, 1.82) is 0 Å². The highest BCUT2D eigenvalue weighted by molar-refractivity contribution is 5.79. The van der Waals surface area contributed by atoms with Crippen LogP contribution in [-0.4, -0.2) is 54.3 Å². The molecular weight excluding hydrogens is 328 g/mol. The third-order valence-corrected chi connectivity index (χ3v) is 5.11. The van der Waals surface area contributed by atoms with Crippen molar-refractivity contribution in [3.63, 3.8) is 0 Å². The number of benzene rings is 1. The minimum atomic E-state index is 0.160. The van der Waals surface area contributed by atoms with E-state index in [9.17, 15) is 4.79 Å². The van der Waals surface area contributed by atoms with Gasteiger partial charge in [0.2, 0.25) is 5.91 Å². The van der Waals surface area contributed by atoms with Crippen molar-refractivity contribution in [1.82, 2.24) is 15.1 Å². The largest absolute Gasteiger partial charge is 0.497 e. The minimum Gasteiger partial charge on any atom is -0.497 e. The van der Waals surface area contributed by atoms with Crippen LogP contribution in [0.5, 0.6) is 5.75 Å². The van der Waals surface area contributed by atoms with E-state index in [4.69, 9.17) is 4.74 Å². The molecule has 1 aromatic carbocycles. The normalized spacial score (nSPS) is 17.3. The Balaban J connectivity index is 1.31. The van der Waals surface area contributed by atoms with Gasteiger partial charge in [0.1, 0.15) is 5.75 Å². The Kier molecular flexibility index (Phi) is 4.73. The molecule has 6 nitrogen and oxygen atoms in total. The van der Waals surface area contributed by atoms with Crippen LogP contribution in [-0.2, 0) is 11.2 Å². The maximum atomic E-state index is 12.6. The van der Waals surface area contributed by atoms with E-state index in [-0.39, 0.29) is 5.91 Å². The number of carbonyl (C=O) groups excluding carboxylic acids is 1. The van der Waals surface area contributed by atoms with Gasteiger partial charge in [0.15, 0.2) is 5.82 Å². The van der Waals surface area contributed by atoms with E-state index < -0.39 is 0 Å². The number of hydrogen-bond acceptors (Lipinski definition) is 5. The van der Waals surface area contributed by atoms with Crippen molar-refractivity contribution in [3.8, 4) is 5.75 Å². The van der Waals surface area contributed by atoms with Crippen LogP contribution >= 0.6 is 0 Å². The van der Waals surface area contributed by atoms with Gasteiger partial charge in [0.05, 0.1) is 19.2 Å². The summed E-state index contributed by atoms with van der Waals surface area (Å²) in [6.45, 7) is 3.02. The zero-order chi connectivity index (χ0) is 17.9. The second-order valence-corrected chi connectivity index (χ2v) is 6.99. The molecule has 1 aliphatic heterocycles. The molecule has 2 aromatic rings. The number of anilines is 1. The van der Waals surface area contributed by atoms with Crippen molar-refractivity contribution in [2.75, 3.05) is 38.2 Å². The van der Waals surface area contributed by atoms with E-state index in [1.807, 2.05) is 29.2 Å². The fourth-order valence-corrected chi connectivity index (χ4v) is 3.35. The van der Waals surface area contributed by atoms with Crippen molar-refractivity contribution in [3.05, 3.63) is 47.7 Å². The zero-order valence-electron chi connectivity index (χ0n) is 15.1. The van der Waals surface area contributed by atoms with E-state index in [0.717, 1.165) is 49.0 Å². The van der Waals surface area contributed by atoms with E-state index in [0.29, 0.717) is 12.3 Å². The van der Waals surface area contributed by atoms with E-state index in [1.165, 1.54) is 12.8 Å². The number of aromatic nitrogens is 2. The van der Waals surface area contributed by atoms with Crippen LogP contribution in [0.2, 0.25) is 0 Å². The van der Waals surface area contributed by atoms with Crippen molar-refractivity contribution < 1.29 is 9.53 Å². The summed E-state index contributed by atoms with van der Waals surface area (Å²) in [6.07, 6.45) is 2.89. The number of ether oxygens (including phenoxy) is 1. The summed E-state index contributed by atoms with van der Waals surface area (Å²) in [5.41, 5.74) is 2.10. The molecule has 1 amide bonds. The second kappa shape index (κ2) is 7.32. The van der Waals surface area contributed by atoms with Gasteiger partial charge >= 0.3 is 0 Å². The number of methoxy groups -OCH3 is 1. The summed E-state index contributed by atoms with van der Waals surface area (Å²) in [7, 11) is 1.64. The first kappa shape index (κ1) is 16.8. The van der Waals surface area contributed by atoms with Gasteiger partial charge in [0, 0.05) is 32.1 Å². The monoisotopic (exact) mass is 352 g/mol. The predicted molar refractivity (Wildman–Crippen MR) is 99.5 cm³/mol. The van der Waals surface area contributed by atoms with Crippen LogP contribution in [0.3, 0.4) is 0 Å². The van der Waals surface area contributed by atoms with Crippen LogP contribution in [0, 0.1) is 0 Å². The maximum absolute atomic E-state index is 12.6. The van der Waals surface area contributed by atoms with E-state index >= 15 is 0 Å². The molecule has 0 N–H and O–H groups in total. The first-order chi connectivity index (χ1) is 12.7. The number of rotatable bonds is 5. The highest BCUT2D eigenvalue weighted by Gasteiger charge is 2.26. The SMILES string of the molecule is COc1cccc(CC(=O)N2CCN(c3ccc(C4CC4)nn3)CC2)c1. The van der Waals surface area contributed by atoms with Crippen molar-refractivity contribution in [2.45, 2.75) is 25.2 Å². The molecule has 2 aliphatic rings. The Labute approximate surface area is 153 Å². The molecular formula is C20H24N4O2. The Morgan fingerprint density at radius 1 is 1.12 bits per heavy atom. The first-order valence-electron chi connectivity index (χ1n) is 9.22. The van der Waals surface area contributed by atoms with Crippen LogP contribution in [0.1, 0.15) is 30.0 Å². The molecule has 0 spiro atoms. The van der Waals surface area contributed by atoms with Crippen LogP contribution in [0.4, 0.5) is 5.82 Å². The van der Waals surface area contributed by atoms with E-state index in [1.54, 1.807) is 7.11 Å². The average Bonchev–Trinajstić information content (AvgIpc) is 3.54. The molecule has 6 heteroatoms. The van der Waals surface area contributed by atoms with Crippen molar-refractivity contribution >= 4 is 11.7 Å². The molecule has 26 heavy (non-hydrogen) atoms. The molecule has 1 aliphatic carbocycles. The smallest absolute Gasteiger partial charge is 0.227 e. The van der Waals surface area contributed by atoms with Gasteiger partial charge in [-0.1, -0.05) is 12.1 Å². The molecule has 136 valence electrons. The fraction of sp³-hybridized carbons (Fsp3) is 0.450. The summed E-state index contributed by atoms with van der Waals surface area (Å²) in [6, 6.07) is 11.9. The van der Waals surface area contributed by atoms with Gasteiger partial charge in [-0.3, -0.25) is 4.79 Å². The summed E-state index contributed by atoms with van der Waals surface area (Å²) >= 11 is 0. The highest BCUT2D eigenvalue weighted by atomic mass is 16.5. The molecule has 1 saturated carbocycles. The van der Waals surface area contributed by atoms with Gasteiger partial charge in [-0.05, 0) is 42.7 Å². The first-order valence-corrected chi connectivity index (χ1v) is 9.22. The summed E-state index contributed by atoms with van der Waals surface area (Å²) in [5.74, 6) is 2.48.